The molecular weight excluding hydrogens is 386 g/mol. The number of hydrogen-bond acceptors (Lipinski definition) is 4. The second-order valence-electron chi connectivity index (χ2n) is 7.79. The molecule has 1 aliphatic heterocycles. The first kappa shape index (κ1) is 22.9. The summed E-state index contributed by atoms with van der Waals surface area (Å²) >= 11 is 6.27. The molecule has 0 spiro atoms. The fourth-order valence-electron chi connectivity index (χ4n) is 2.65. The molecule has 3 N–H and O–H groups in total. The summed E-state index contributed by atoms with van der Waals surface area (Å²) in [6, 6.07) is 15.5. The van der Waals surface area contributed by atoms with Gasteiger partial charge < -0.3 is 10.0 Å². The topological polar surface area (TPSA) is 69.8 Å². The SMILES string of the molecule is Cc1ccc(/C(=C/CC(C)(C)O)N(N)c2ccccc2Cl)cc1.O=CN1CCC1. The van der Waals surface area contributed by atoms with E-state index in [-0.39, 0.29) is 0 Å². The molecule has 1 saturated heterocycles. The van der Waals surface area contributed by atoms with Gasteiger partial charge in [0.25, 0.3) is 0 Å². The number of hydrazine groups is 1. The molecule has 1 heterocycles. The van der Waals surface area contributed by atoms with E-state index < -0.39 is 5.60 Å². The lowest BCUT2D eigenvalue weighted by Crippen LogP contribution is -2.35. The van der Waals surface area contributed by atoms with Gasteiger partial charge in [0.05, 0.1) is 22.0 Å². The van der Waals surface area contributed by atoms with Gasteiger partial charge in [-0.2, -0.15) is 0 Å². The van der Waals surface area contributed by atoms with Crippen molar-refractivity contribution in [2.75, 3.05) is 18.1 Å². The number of amides is 1. The van der Waals surface area contributed by atoms with Gasteiger partial charge in [-0.05, 0) is 51.3 Å². The summed E-state index contributed by atoms with van der Waals surface area (Å²) in [7, 11) is 0. The number of rotatable bonds is 6. The Kier molecular flexibility index (Phi) is 8.26. The molecular formula is C23H30ClN3O2. The van der Waals surface area contributed by atoms with Crippen LogP contribution in [0.25, 0.3) is 5.70 Å². The van der Waals surface area contributed by atoms with Crippen molar-refractivity contribution >= 4 is 29.4 Å². The molecule has 0 atom stereocenters. The van der Waals surface area contributed by atoms with Crippen LogP contribution < -0.4 is 10.9 Å². The number of carbonyl (C=O) groups excluding carboxylic acids is 1. The standard InChI is InChI=1S/C19H23ClN2O.C4H7NO/c1-14-8-10-15(11-9-14)17(12-13-19(2,3)23)22(21)18-7-5-4-6-16(18)20;6-4-5-2-1-3-5/h4-12,23H,13,21H2,1-3H3;4H,1-3H2/b17-12-;. The summed E-state index contributed by atoms with van der Waals surface area (Å²) < 4.78 is 0. The van der Waals surface area contributed by atoms with Gasteiger partial charge in [-0.3, -0.25) is 9.80 Å². The van der Waals surface area contributed by atoms with E-state index in [9.17, 15) is 9.90 Å². The maximum absolute atomic E-state index is 10.0. The number of likely N-dealkylation sites (tertiary alicyclic amines) is 1. The zero-order valence-electron chi connectivity index (χ0n) is 17.3. The van der Waals surface area contributed by atoms with Crippen LogP contribution in [0.5, 0.6) is 0 Å². The molecule has 29 heavy (non-hydrogen) atoms. The van der Waals surface area contributed by atoms with E-state index in [4.69, 9.17) is 17.4 Å². The van der Waals surface area contributed by atoms with Crippen molar-refractivity contribution in [3.05, 3.63) is 70.8 Å². The smallest absolute Gasteiger partial charge is 0.209 e. The molecule has 5 nitrogen and oxygen atoms in total. The number of nitrogens with zero attached hydrogens (tertiary/aromatic N) is 2. The molecule has 6 heteroatoms. The molecule has 1 amide bonds. The van der Waals surface area contributed by atoms with Crippen molar-refractivity contribution in [3.8, 4) is 0 Å². The van der Waals surface area contributed by atoms with E-state index in [1.54, 1.807) is 29.8 Å². The molecule has 2 aromatic carbocycles. The minimum Gasteiger partial charge on any atom is -0.390 e. The van der Waals surface area contributed by atoms with Gasteiger partial charge in [-0.15, -0.1) is 0 Å². The van der Waals surface area contributed by atoms with E-state index in [2.05, 4.69) is 0 Å². The molecule has 3 rings (SSSR count). The van der Waals surface area contributed by atoms with Crippen LogP contribution in [-0.2, 0) is 4.79 Å². The lowest BCUT2D eigenvalue weighted by molar-refractivity contribution is -0.121. The van der Waals surface area contributed by atoms with E-state index in [0.29, 0.717) is 11.4 Å². The van der Waals surface area contributed by atoms with Crippen LogP contribution in [0.4, 0.5) is 5.69 Å². The highest BCUT2D eigenvalue weighted by molar-refractivity contribution is 6.33. The maximum atomic E-state index is 10.0. The third-order valence-corrected chi connectivity index (χ3v) is 4.87. The summed E-state index contributed by atoms with van der Waals surface area (Å²) in [6.07, 6.45) is 4.50. The number of hydrogen-bond donors (Lipinski definition) is 2. The Morgan fingerprint density at radius 2 is 1.83 bits per heavy atom. The Bertz CT molecular complexity index is 825. The van der Waals surface area contributed by atoms with Crippen molar-refractivity contribution in [1.29, 1.82) is 0 Å². The molecule has 0 saturated carbocycles. The lowest BCUT2D eigenvalue weighted by atomic mass is 10.0. The maximum Gasteiger partial charge on any atom is 0.209 e. The molecule has 1 aliphatic rings. The largest absolute Gasteiger partial charge is 0.390 e. The van der Waals surface area contributed by atoms with E-state index in [1.165, 1.54) is 12.0 Å². The van der Waals surface area contributed by atoms with Gasteiger partial charge in [-0.25, -0.2) is 5.84 Å². The Hall–Kier alpha value is -2.34. The molecule has 0 aromatic heterocycles. The Labute approximate surface area is 178 Å². The third kappa shape index (κ3) is 7.20. The first-order valence-corrected chi connectivity index (χ1v) is 10.1. The Morgan fingerprint density at radius 3 is 2.28 bits per heavy atom. The van der Waals surface area contributed by atoms with Crippen molar-refractivity contribution in [3.63, 3.8) is 0 Å². The van der Waals surface area contributed by atoms with Gasteiger partial charge >= 0.3 is 0 Å². The minimum absolute atomic E-state index is 0.481. The predicted molar refractivity (Wildman–Crippen MR) is 120 cm³/mol. The lowest BCUT2D eigenvalue weighted by Gasteiger charge is -2.25. The van der Waals surface area contributed by atoms with Crippen molar-refractivity contribution in [2.45, 2.75) is 39.2 Å². The zero-order chi connectivity index (χ0) is 21.4. The van der Waals surface area contributed by atoms with E-state index in [1.807, 2.05) is 55.5 Å². The van der Waals surface area contributed by atoms with Crippen LogP contribution in [-0.4, -0.2) is 35.1 Å². The summed E-state index contributed by atoms with van der Waals surface area (Å²) in [5.74, 6) is 6.34. The Balaban J connectivity index is 0.000000426. The first-order chi connectivity index (χ1) is 13.7. The minimum atomic E-state index is -0.808. The zero-order valence-corrected chi connectivity index (χ0v) is 18.1. The predicted octanol–water partition coefficient (Wildman–Crippen LogP) is 4.38. The molecule has 156 valence electrons. The van der Waals surface area contributed by atoms with E-state index in [0.717, 1.165) is 36.4 Å². The van der Waals surface area contributed by atoms with Gasteiger partial charge in [0, 0.05) is 13.1 Å². The number of anilines is 1. The molecule has 0 radical (unpaired) electrons. The Morgan fingerprint density at radius 1 is 1.21 bits per heavy atom. The molecule has 1 fully saturated rings. The average molecular weight is 416 g/mol. The van der Waals surface area contributed by atoms with Crippen LogP contribution in [0, 0.1) is 6.92 Å². The van der Waals surface area contributed by atoms with Gasteiger partial charge in [0.15, 0.2) is 0 Å². The first-order valence-electron chi connectivity index (χ1n) is 9.69. The second-order valence-corrected chi connectivity index (χ2v) is 8.20. The summed E-state index contributed by atoms with van der Waals surface area (Å²) in [5.41, 5.74) is 2.87. The van der Waals surface area contributed by atoms with Crippen molar-refractivity contribution in [2.24, 2.45) is 5.84 Å². The second kappa shape index (κ2) is 10.4. The molecule has 0 bridgehead atoms. The van der Waals surface area contributed by atoms with Crippen LogP contribution in [0.1, 0.15) is 37.8 Å². The highest BCUT2D eigenvalue weighted by atomic mass is 35.5. The number of aliphatic hydroxyl groups is 1. The van der Waals surface area contributed by atoms with Crippen LogP contribution >= 0.6 is 11.6 Å². The quantitative estimate of drug-likeness (QED) is 0.417. The molecule has 0 aliphatic carbocycles. The summed E-state index contributed by atoms with van der Waals surface area (Å²) in [6.45, 7) is 7.53. The number of aryl methyl sites for hydroxylation is 1. The highest BCUT2D eigenvalue weighted by Gasteiger charge is 2.16. The number of benzene rings is 2. The fourth-order valence-corrected chi connectivity index (χ4v) is 2.88. The monoisotopic (exact) mass is 415 g/mol. The van der Waals surface area contributed by atoms with Crippen LogP contribution in [0.3, 0.4) is 0 Å². The van der Waals surface area contributed by atoms with Gasteiger partial charge in [0.1, 0.15) is 0 Å². The summed E-state index contributed by atoms with van der Waals surface area (Å²) in [5, 5.41) is 12.2. The van der Waals surface area contributed by atoms with Gasteiger partial charge in [-0.1, -0.05) is 59.6 Å². The normalized spacial score (nSPS) is 13.9. The number of para-hydroxylation sites is 1. The van der Waals surface area contributed by atoms with Crippen molar-refractivity contribution in [1.82, 2.24) is 4.90 Å². The average Bonchev–Trinajstić information content (AvgIpc) is 2.62. The highest BCUT2D eigenvalue weighted by Crippen LogP contribution is 2.30. The van der Waals surface area contributed by atoms with Crippen LogP contribution in [0.15, 0.2) is 54.6 Å². The summed E-state index contributed by atoms with van der Waals surface area (Å²) in [4.78, 5) is 11.5. The van der Waals surface area contributed by atoms with Gasteiger partial charge in [0.2, 0.25) is 6.41 Å². The third-order valence-electron chi connectivity index (χ3n) is 4.55. The fraction of sp³-hybridized carbons (Fsp3) is 0.348. The number of halogens is 1. The van der Waals surface area contributed by atoms with Crippen LogP contribution in [0.2, 0.25) is 5.02 Å². The number of nitrogens with two attached hydrogens (primary N) is 1. The molecule has 0 unspecified atom stereocenters. The molecule has 2 aromatic rings. The van der Waals surface area contributed by atoms with E-state index >= 15 is 0 Å². The van der Waals surface area contributed by atoms with Crippen molar-refractivity contribution < 1.29 is 9.90 Å². The number of carbonyl (C=O) groups is 1.